The number of anilines is 2. The van der Waals surface area contributed by atoms with E-state index in [1.54, 1.807) is 17.1 Å². The predicted molar refractivity (Wildman–Crippen MR) is 95.1 cm³/mol. The Labute approximate surface area is 146 Å². The zero-order chi connectivity index (χ0) is 17.2. The molecule has 8 nitrogen and oxygen atoms in total. The number of hydrogen-bond donors (Lipinski definition) is 0. The van der Waals surface area contributed by atoms with E-state index in [0.717, 1.165) is 55.0 Å². The van der Waals surface area contributed by atoms with Gasteiger partial charge in [0.05, 0.1) is 11.4 Å². The number of piperazine rings is 1. The van der Waals surface area contributed by atoms with Crippen molar-refractivity contribution in [1.29, 1.82) is 0 Å². The minimum absolute atomic E-state index is 0.727. The third kappa shape index (κ3) is 3.15. The SMILES string of the molecule is Cc1ccn(-c2ccc(N3CCN(c4nccnc4C)CC3)nn2)n1. The molecule has 0 unspecified atom stereocenters. The average molecular weight is 336 g/mol. The number of nitrogens with zero attached hydrogens (tertiary/aromatic N) is 8. The standard InChI is InChI=1S/C17H20N8/c1-13-5-8-25(22-13)16-4-3-15(20-21-16)23-9-11-24(12-10-23)17-14(2)18-6-7-19-17/h3-8H,9-12H2,1-2H3. The van der Waals surface area contributed by atoms with Crippen LogP contribution in [0.2, 0.25) is 0 Å². The van der Waals surface area contributed by atoms with Crippen LogP contribution in [0.1, 0.15) is 11.4 Å². The molecule has 0 N–H and O–H groups in total. The van der Waals surface area contributed by atoms with Crippen molar-refractivity contribution >= 4 is 11.6 Å². The largest absolute Gasteiger partial charge is 0.352 e. The molecular formula is C17H20N8. The van der Waals surface area contributed by atoms with E-state index in [-0.39, 0.29) is 0 Å². The Morgan fingerprint density at radius 3 is 2.12 bits per heavy atom. The van der Waals surface area contributed by atoms with E-state index in [0.29, 0.717) is 0 Å². The quantitative estimate of drug-likeness (QED) is 0.715. The van der Waals surface area contributed by atoms with Crippen LogP contribution in [-0.2, 0) is 0 Å². The zero-order valence-corrected chi connectivity index (χ0v) is 14.4. The summed E-state index contributed by atoms with van der Waals surface area (Å²) >= 11 is 0. The molecule has 0 radical (unpaired) electrons. The highest BCUT2D eigenvalue weighted by molar-refractivity contribution is 5.47. The van der Waals surface area contributed by atoms with Gasteiger partial charge in [-0.1, -0.05) is 0 Å². The average Bonchev–Trinajstić information content (AvgIpc) is 3.09. The van der Waals surface area contributed by atoms with E-state index in [1.165, 1.54) is 0 Å². The van der Waals surface area contributed by atoms with Crippen molar-refractivity contribution in [2.45, 2.75) is 13.8 Å². The van der Waals surface area contributed by atoms with Crippen LogP contribution >= 0.6 is 0 Å². The lowest BCUT2D eigenvalue weighted by atomic mass is 10.3. The van der Waals surface area contributed by atoms with E-state index in [1.807, 2.05) is 38.2 Å². The first-order valence-corrected chi connectivity index (χ1v) is 8.34. The fourth-order valence-corrected chi connectivity index (χ4v) is 3.01. The van der Waals surface area contributed by atoms with Crippen molar-refractivity contribution in [3.63, 3.8) is 0 Å². The maximum Gasteiger partial charge on any atom is 0.175 e. The van der Waals surface area contributed by atoms with Crippen LogP contribution in [0.3, 0.4) is 0 Å². The van der Waals surface area contributed by atoms with Crippen LogP contribution in [0.4, 0.5) is 11.6 Å². The Bertz CT molecular complexity index is 849. The minimum atomic E-state index is 0.727. The lowest BCUT2D eigenvalue weighted by molar-refractivity contribution is 0.634. The first-order valence-electron chi connectivity index (χ1n) is 8.34. The van der Waals surface area contributed by atoms with Crippen molar-refractivity contribution in [2.24, 2.45) is 0 Å². The molecule has 0 amide bonds. The topological polar surface area (TPSA) is 75.9 Å². The lowest BCUT2D eigenvalue weighted by Crippen LogP contribution is -2.47. The second-order valence-electron chi connectivity index (χ2n) is 6.09. The van der Waals surface area contributed by atoms with Crippen molar-refractivity contribution in [2.75, 3.05) is 36.0 Å². The summed E-state index contributed by atoms with van der Waals surface area (Å²) in [5, 5.41) is 13.0. The molecule has 4 heterocycles. The Morgan fingerprint density at radius 2 is 1.48 bits per heavy atom. The molecule has 1 aliphatic heterocycles. The zero-order valence-electron chi connectivity index (χ0n) is 14.4. The van der Waals surface area contributed by atoms with Crippen LogP contribution in [0.5, 0.6) is 0 Å². The van der Waals surface area contributed by atoms with Gasteiger partial charge >= 0.3 is 0 Å². The van der Waals surface area contributed by atoms with Gasteiger partial charge in [-0.2, -0.15) is 5.10 Å². The molecule has 1 saturated heterocycles. The van der Waals surface area contributed by atoms with E-state index in [4.69, 9.17) is 0 Å². The van der Waals surface area contributed by atoms with E-state index in [2.05, 4.69) is 35.1 Å². The number of aromatic nitrogens is 6. The van der Waals surface area contributed by atoms with Gasteiger partial charge in [0.1, 0.15) is 5.82 Å². The van der Waals surface area contributed by atoms with Crippen molar-refractivity contribution in [3.05, 3.63) is 48.2 Å². The molecule has 25 heavy (non-hydrogen) atoms. The number of hydrogen-bond acceptors (Lipinski definition) is 7. The summed E-state index contributed by atoms with van der Waals surface area (Å²) in [5.41, 5.74) is 1.93. The van der Waals surface area contributed by atoms with Gasteiger partial charge in [0.25, 0.3) is 0 Å². The van der Waals surface area contributed by atoms with Gasteiger partial charge in [0.15, 0.2) is 11.6 Å². The first kappa shape index (κ1) is 15.5. The third-order valence-electron chi connectivity index (χ3n) is 4.35. The molecule has 8 heteroatoms. The molecule has 3 aromatic heterocycles. The molecule has 3 aromatic rings. The number of aryl methyl sites for hydroxylation is 2. The molecule has 0 aromatic carbocycles. The lowest BCUT2D eigenvalue weighted by Gasteiger charge is -2.36. The van der Waals surface area contributed by atoms with Crippen molar-refractivity contribution < 1.29 is 0 Å². The minimum Gasteiger partial charge on any atom is -0.352 e. The molecule has 0 aliphatic carbocycles. The highest BCUT2D eigenvalue weighted by atomic mass is 15.4. The molecule has 0 saturated carbocycles. The highest BCUT2D eigenvalue weighted by Gasteiger charge is 2.20. The summed E-state index contributed by atoms with van der Waals surface area (Å²) in [4.78, 5) is 13.3. The Morgan fingerprint density at radius 1 is 0.800 bits per heavy atom. The predicted octanol–water partition coefficient (Wildman–Crippen LogP) is 1.40. The molecule has 0 bridgehead atoms. The molecule has 128 valence electrons. The second-order valence-corrected chi connectivity index (χ2v) is 6.09. The van der Waals surface area contributed by atoms with E-state index < -0.39 is 0 Å². The Balaban J connectivity index is 1.43. The van der Waals surface area contributed by atoms with Gasteiger partial charge in [-0.05, 0) is 32.0 Å². The van der Waals surface area contributed by atoms with Gasteiger partial charge in [-0.15, -0.1) is 10.2 Å². The van der Waals surface area contributed by atoms with Crippen molar-refractivity contribution in [3.8, 4) is 5.82 Å². The maximum absolute atomic E-state index is 4.45. The number of rotatable bonds is 3. The summed E-state index contributed by atoms with van der Waals surface area (Å²) < 4.78 is 1.74. The molecule has 4 rings (SSSR count). The first-order chi connectivity index (χ1) is 12.2. The van der Waals surface area contributed by atoms with Gasteiger partial charge in [-0.25, -0.2) is 9.67 Å². The smallest absolute Gasteiger partial charge is 0.175 e. The van der Waals surface area contributed by atoms with Gasteiger partial charge in [0, 0.05) is 44.8 Å². The summed E-state index contributed by atoms with van der Waals surface area (Å²) in [6.07, 6.45) is 5.37. The van der Waals surface area contributed by atoms with Gasteiger partial charge in [0.2, 0.25) is 0 Å². The van der Waals surface area contributed by atoms with Crippen molar-refractivity contribution in [1.82, 2.24) is 29.9 Å². The van der Waals surface area contributed by atoms with Gasteiger partial charge < -0.3 is 9.80 Å². The Hall–Kier alpha value is -3.03. The molecule has 1 aliphatic rings. The van der Waals surface area contributed by atoms with E-state index in [9.17, 15) is 0 Å². The van der Waals surface area contributed by atoms with Crippen LogP contribution in [0.25, 0.3) is 5.82 Å². The van der Waals surface area contributed by atoms with E-state index >= 15 is 0 Å². The summed E-state index contributed by atoms with van der Waals surface area (Å²) in [6, 6.07) is 5.90. The fourth-order valence-electron chi connectivity index (χ4n) is 3.01. The molecule has 0 atom stereocenters. The highest BCUT2D eigenvalue weighted by Crippen LogP contribution is 2.19. The molecule has 1 fully saturated rings. The molecular weight excluding hydrogens is 316 g/mol. The third-order valence-corrected chi connectivity index (χ3v) is 4.35. The Kier molecular flexibility index (Phi) is 4.01. The van der Waals surface area contributed by atoms with Crippen LogP contribution < -0.4 is 9.80 Å². The normalized spacial score (nSPS) is 14.8. The summed E-state index contributed by atoms with van der Waals surface area (Å²) in [6.45, 7) is 7.49. The summed E-state index contributed by atoms with van der Waals surface area (Å²) in [5.74, 6) is 2.59. The van der Waals surface area contributed by atoms with Crippen LogP contribution in [0.15, 0.2) is 36.8 Å². The maximum atomic E-state index is 4.45. The molecule has 0 spiro atoms. The fraction of sp³-hybridized carbons (Fsp3) is 0.353. The summed E-state index contributed by atoms with van der Waals surface area (Å²) in [7, 11) is 0. The van der Waals surface area contributed by atoms with Crippen LogP contribution in [-0.4, -0.2) is 56.1 Å². The van der Waals surface area contributed by atoms with Gasteiger partial charge in [-0.3, -0.25) is 4.98 Å². The second kappa shape index (κ2) is 6.46. The monoisotopic (exact) mass is 336 g/mol. The van der Waals surface area contributed by atoms with Crippen LogP contribution in [0, 0.1) is 13.8 Å².